The summed E-state index contributed by atoms with van der Waals surface area (Å²) >= 11 is 0. The van der Waals surface area contributed by atoms with Gasteiger partial charge in [-0.3, -0.25) is 5.32 Å². The molecule has 0 aromatic carbocycles. The van der Waals surface area contributed by atoms with Crippen molar-refractivity contribution in [3.63, 3.8) is 0 Å². The number of aliphatic hydroxyl groups is 2. The first-order chi connectivity index (χ1) is 6.76. The number of aliphatic hydroxyl groups excluding tert-OH is 2. The van der Waals surface area contributed by atoms with E-state index in [9.17, 15) is 5.11 Å². The van der Waals surface area contributed by atoms with E-state index in [4.69, 9.17) is 9.84 Å². The molecule has 1 heterocycles. The van der Waals surface area contributed by atoms with E-state index in [0.717, 1.165) is 19.4 Å². The minimum absolute atomic E-state index is 0.0109. The van der Waals surface area contributed by atoms with Crippen molar-refractivity contribution in [2.75, 3.05) is 13.2 Å². The van der Waals surface area contributed by atoms with Gasteiger partial charge in [0.2, 0.25) is 0 Å². The van der Waals surface area contributed by atoms with Crippen molar-refractivity contribution in [3.05, 3.63) is 0 Å². The first-order valence-electron chi connectivity index (χ1n) is 5.44. The van der Waals surface area contributed by atoms with Gasteiger partial charge < -0.3 is 14.9 Å². The molecule has 0 aromatic heterocycles. The average molecular weight is 203 g/mol. The Morgan fingerprint density at radius 1 is 1.43 bits per heavy atom. The molecule has 0 aliphatic carbocycles. The van der Waals surface area contributed by atoms with E-state index in [1.54, 1.807) is 0 Å². The number of hydrogen-bond acceptors (Lipinski definition) is 4. The lowest BCUT2D eigenvalue weighted by atomic mass is 10.0. The van der Waals surface area contributed by atoms with Gasteiger partial charge in [0.1, 0.15) is 6.23 Å². The van der Waals surface area contributed by atoms with E-state index in [1.807, 2.05) is 0 Å². The molecule has 0 aromatic rings. The zero-order valence-electron chi connectivity index (χ0n) is 8.78. The topological polar surface area (TPSA) is 61.7 Å². The van der Waals surface area contributed by atoms with Crippen molar-refractivity contribution >= 4 is 0 Å². The smallest absolute Gasteiger partial charge is 0.111 e. The Bertz CT molecular complexity index is 154. The van der Waals surface area contributed by atoms with Crippen LogP contribution in [-0.2, 0) is 4.74 Å². The first-order valence-corrected chi connectivity index (χ1v) is 5.44. The zero-order chi connectivity index (χ0) is 10.4. The minimum atomic E-state index is -0.347. The van der Waals surface area contributed by atoms with E-state index < -0.39 is 0 Å². The second-order valence-corrected chi connectivity index (χ2v) is 3.86. The molecule has 1 aliphatic heterocycles. The van der Waals surface area contributed by atoms with E-state index in [0.29, 0.717) is 12.8 Å². The quantitative estimate of drug-likeness (QED) is 0.560. The summed E-state index contributed by atoms with van der Waals surface area (Å²) < 4.78 is 5.53. The number of ether oxygens (including phenoxy) is 1. The Kier molecular flexibility index (Phi) is 5.40. The molecular formula is C10H21NO3. The lowest BCUT2D eigenvalue weighted by molar-refractivity contribution is -0.122. The molecule has 1 rings (SSSR count). The molecule has 1 saturated heterocycles. The van der Waals surface area contributed by atoms with Crippen LogP contribution in [0.25, 0.3) is 0 Å². The maximum Gasteiger partial charge on any atom is 0.111 e. The van der Waals surface area contributed by atoms with Gasteiger partial charge in [-0.05, 0) is 13.0 Å². The van der Waals surface area contributed by atoms with Gasteiger partial charge in [0.25, 0.3) is 0 Å². The van der Waals surface area contributed by atoms with Crippen LogP contribution in [0.1, 0.15) is 32.6 Å². The van der Waals surface area contributed by atoms with Crippen LogP contribution in [-0.4, -0.2) is 41.8 Å². The Hall–Kier alpha value is -0.160. The molecule has 4 heteroatoms. The third-order valence-corrected chi connectivity index (χ3v) is 2.48. The monoisotopic (exact) mass is 203 g/mol. The summed E-state index contributed by atoms with van der Waals surface area (Å²) in [5.41, 5.74) is 0. The van der Waals surface area contributed by atoms with Crippen molar-refractivity contribution < 1.29 is 14.9 Å². The molecule has 3 atom stereocenters. The summed E-state index contributed by atoms with van der Waals surface area (Å²) in [5.74, 6) is 0. The van der Waals surface area contributed by atoms with Crippen LogP contribution in [0, 0.1) is 0 Å². The molecule has 4 nitrogen and oxygen atoms in total. The third kappa shape index (κ3) is 3.92. The maximum absolute atomic E-state index is 9.51. The van der Waals surface area contributed by atoms with Gasteiger partial charge in [0, 0.05) is 12.8 Å². The standard InChI is InChI=1S/C10H21NO3/c1-2-3-4-11-10-6-8(13)5-9(7-12)14-10/h8-13H,2-7H2,1H3. The lowest BCUT2D eigenvalue weighted by Gasteiger charge is -2.32. The van der Waals surface area contributed by atoms with Gasteiger partial charge in [0.15, 0.2) is 0 Å². The summed E-state index contributed by atoms with van der Waals surface area (Å²) in [4.78, 5) is 0. The molecule has 1 aliphatic rings. The van der Waals surface area contributed by atoms with Crippen LogP contribution in [0.4, 0.5) is 0 Å². The fourth-order valence-electron chi connectivity index (χ4n) is 1.68. The number of nitrogens with one attached hydrogen (secondary N) is 1. The first kappa shape index (κ1) is 11.9. The highest BCUT2D eigenvalue weighted by Gasteiger charge is 2.27. The highest BCUT2D eigenvalue weighted by Crippen LogP contribution is 2.17. The van der Waals surface area contributed by atoms with E-state index >= 15 is 0 Å². The zero-order valence-corrected chi connectivity index (χ0v) is 8.78. The van der Waals surface area contributed by atoms with Gasteiger partial charge in [0.05, 0.1) is 18.8 Å². The van der Waals surface area contributed by atoms with Crippen molar-refractivity contribution in [1.29, 1.82) is 0 Å². The molecule has 0 amide bonds. The van der Waals surface area contributed by atoms with Crippen molar-refractivity contribution in [2.45, 2.75) is 51.0 Å². The van der Waals surface area contributed by atoms with E-state index in [2.05, 4.69) is 12.2 Å². The van der Waals surface area contributed by atoms with Crippen molar-refractivity contribution in [3.8, 4) is 0 Å². The van der Waals surface area contributed by atoms with Crippen LogP contribution < -0.4 is 5.32 Å². The Labute approximate surface area is 85.3 Å². The fourth-order valence-corrected chi connectivity index (χ4v) is 1.68. The van der Waals surface area contributed by atoms with Crippen LogP contribution >= 0.6 is 0 Å². The van der Waals surface area contributed by atoms with Gasteiger partial charge >= 0.3 is 0 Å². The molecule has 0 spiro atoms. The minimum Gasteiger partial charge on any atom is -0.394 e. The Morgan fingerprint density at radius 3 is 2.86 bits per heavy atom. The van der Waals surface area contributed by atoms with E-state index in [-0.39, 0.29) is 25.0 Å². The predicted molar refractivity (Wildman–Crippen MR) is 53.9 cm³/mol. The summed E-state index contributed by atoms with van der Waals surface area (Å²) in [6.45, 7) is 3.03. The SMILES string of the molecule is CCCCNC1CC(O)CC(CO)O1. The summed E-state index contributed by atoms with van der Waals surface area (Å²) in [7, 11) is 0. The van der Waals surface area contributed by atoms with Crippen molar-refractivity contribution in [2.24, 2.45) is 0 Å². The summed E-state index contributed by atoms with van der Waals surface area (Å²) in [5, 5.41) is 21.7. The number of rotatable bonds is 5. The number of unbranched alkanes of at least 4 members (excludes halogenated alkanes) is 1. The van der Waals surface area contributed by atoms with Crippen LogP contribution in [0.5, 0.6) is 0 Å². The molecule has 0 saturated carbocycles. The van der Waals surface area contributed by atoms with Gasteiger partial charge in [-0.25, -0.2) is 0 Å². The second-order valence-electron chi connectivity index (χ2n) is 3.86. The van der Waals surface area contributed by atoms with E-state index in [1.165, 1.54) is 0 Å². The molecule has 3 unspecified atom stereocenters. The van der Waals surface area contributed by atoms with Crippen LogP contribution in [0.15, 0.2) is 0 Å². The molecule has 14 heavy (non-hydrogen) atoms. The second kappa shape index (κ2) is 6.35. The van der Waals surface area contributed by atoms with Crippen LogP contribution in [0.2, 0.25) is 0 Å². The molecular weight excluding hydrogens is 182 g/mol. The molecule has 1 fully saturated rings. The Balaban J connectivity index is 2.23. The highest BCUT2D eigenvalue weighted by molar-refractivity contribution is 4.75. The summed E-state index contributed by atoms with van der Waals surface area (Å²) in [6.07, 6.45) is 2.77. The van der Waals surface area contributed by atoms with Crippen molar-refractivity contribution in [1.82, 2.24) is 5.32 Å². The normalized spacial score (nSPS) is 33.2. The molecule has 3 N–H and O–H groups in total. The average Bonchev–Trinajstić information content (AvgIpc) is 2.17. The summed E-state index contributed by atoms with van der Waals surface area (Å²) in [6, 6.07) is 0. The fraction of sp³-hybridized carbons (Fsp3) is 1.00. The number of hydrogen-bond donors (Lipinski definition) is 3. The third-order valence-electron chi connectivity index (χ3n) is 2.48. The molecule has 84 valence electrons. The molecule has 0 bridgehead atoms. The largest absolute Gasteiger partial charge is 0.394 e. The van der Waals surface area contributed by atoms with Gasteiger partial charge in [-0.1, -0.05) is 13.3 Å². The molecule has 0 radical (unpaired) electrons. The van der Waals surface area contributed by atoms with Crippen LogP contribution in [0.3, 0.4) is 0 Å². The maximum atomic E-state index is 9.51. The highest BCUT2D eigenvalue weighted by atomic mass is 16.5. The Morgan fingerprint density at radius 2 is 2.21 bits per heavy atom. The lowest BCUT2D eigenvalue weighted by Crippen LogP contribution is -2.45. The van der Waals surface area contributed by atoms with Gasteiger partial charge in [-0.15, -0.1) is 0 Å². The van der Waals surface area contributed by atoms with Gasteiger partial charge in [-0.2, -0.15) is 0 Å². The predicted octanol–water partition coefficient (Wildman–Crippen LogP) is 0.234.